The maximum absolute atomic E-state index is 6.58. The highest BCUT2D eigenvalue weighted by Gasteiger charge is 2.42. The van der Waals surface area contributed by atoms with Gasteiger partial charge in [-0.3, -0.25) is 0 Å². The van der Waals surface area contributed by atoms with Crippen LogP contribution in [0.4, 0.5) is 34.1 Å². The van der Waals surface area contributed by atoms with Crippen molar-refractivity contribution >= 4 is 102 Å². The van der Waals surface area contributed by atoms with E-state index in [4.69, 9.17) is 8.83 Å². The van der Waals surface area contributed by atoms with Crippen molar-refractivity contribution in [2.75, 3.05) is 9.80 Å². The lowest BCUT2D eigenvalue weighted by molar-refractivity contribution is 0.564. The van der Waals surface area contributed by atoms with Crippen LogP contribution < -0.4 is 30.5 Å². The Labute approximate surface area is 385 Å². The van der Waals surface area contributed by atoms with Gasteiger partial charge in [0.05, 0.1) is 0 Å². The molecule has 314 valence electrons. The fourth-order valence-corrected chi connectivity index (χ4v) is 14.9. The average Bonchev–Trinajstić information content (AvgIpc) is 3.83. The van der Waals surface area contributed by atoms with E-state index in [9.17, 15) is 0 Å². The van der Waals surface area contributed by atoms with Crippen LogP contribution in [0, 0.1) is 0 Å². The van der Waals surface area contributed by atoms with Gasteiger partial charge in [-0.1, -0.05) is 164 Å². The first-order chi connectivity index (χ1) is 32.7. The Balaban J connectivity index is 1.07. The van der Waals surface area contributed by atoms with Gasteiger partial charge in [0.25, 0.3) is 0 Å². The van der Waals surface area contributed by atoms with E-state index in [-0.39, 0.29) is 0 Å². The van der Waals surface area contributed by atoms with E-state index in [0.29, 0.717) is 0 Å². The summed E-state index contributed by atoms with van der Waals surface area (Å²) in [6, 6.07) is 83.7. The number of para-hydroxylation sites is 3. The smallest absolute Gasteiger partial charge is 0.179 e. The van der Waals surface area contributed by atoms with Crippen LogP contribution in [-0.2, 0) is 6.42 Å². The summed E-state index contributed by atoms with van der Waals surface area (Å²) in [5.74, 6) is 0.991. The van der Waals surface area contributed by atoms with Crippen molar-refractivity contribution in [3.05, 3.63) is 260 Å². The van der Waals surface area contributed by atoms with Gasteiger partial charge in [-0.2, -0.15) is 0 Å². The summed E-state index contributed by atoms with van der Waals surface area (Å²) in [6.45, 7) is 0. The van der Waals surface area contributed by atoms with Crippen LogP contribution in [0.25, 0.3) is 39.0 Å². The number of furan rings is 2. The molecular formula is C61H44N2O2Si. The molecule has 0 N–H and O–H groups in total. The van der Waals surface area contributed by atoms with Crippen LogP contribution in [0.3, 0.4) is 0 Å². The summed E-state index contributed by atoms with van der Waals surface area (Å²) in [5, 5.41) is 8.48. The molecule has 66 heavy (non-hydrogen) atoms. The maximum Gasteiger partial charge on any atom is 0.179 e. The Morgan fingerprint density at radius 3 is 1.38 bits per heavy atom. The van der Waals surface area contributed by atoms with Crippen molar-refractivity contribution in [1.29, 1.82) is 0 Å². The monoisotopic (exact) mass is 864 g/mol. The second-order valence-electron chi connectivity index (χ2n) is 16.8. The zero-order valence-corrected chi connectivity index (χ0v) is 37.2. The quantitative estimate of drug-likeness (QED) is 0.101. The third kappa shape index (κ3) is 6.76. The molecule has 12 rings (SSSR count). The third-order valence-corrected chi connectivity index (χ3v) is 17.8. The Bertz CT molecular complexity index is 3540. The van der Waals surface area contributed by atoms with Gasteiger partial charge in [0.2, 0.25) is 0 Å². The molecule has 0 radical (unpaired) electrons. The average molecular weight is 865 g/mol. The molecule has 0 aliphatic heterocycles. The molecule has 0 atom stereocenters. The second kappa shape index (κ2) is 16.6. The summed E-state index contributed by atoms with van der Waals surface area (Å²) in [7, 11) is -3.08. The predicted molar refractivity (Wildman–Crippen MR) is 278 cm³/mol. The van der Waals surface area contributed by atoms with E-state index < -0.39 is 8.07 Å². The molecule has 9 aromatic carbocycles. The number of nitrogens with zero attached hydrogens (tertiary/aromatic N) is 2. The van der Waals surface area contributed by atoms with Crippen molar-refractivity contribution in [1.82, 2.24) is 0 Å². The van der Waals surface area contributed by atoms with Crippen molar-refractivity contribution in [3.8, 4) is 0 Å². The Kier molecular flexibility index (Phi) is 9.88. The lowest BCUT2D eigenvalue weighted by Gasteiger charge is -2.36. The van der Waals surface area contributed by atoms with Crippen LogP contribution in [0.15, 0.2) is 258 Å². The lowest BCUT2D eigenvalue weighted by Crippen LogP contribution is -2.74. The first-order valence-electron chi connectivity index (χ1n) is 22.5. The minimum absolute atomic E-state index is 0.767. The standard InChI is InChI=1S/C61H44N2O2Si/c1-6-20-44(21-7-1)62(48-36-38-56-54-32-14-5-15-34-58(54)64-60(56)42-48)46-24-18-30-52(40-46)66(50-26-10-3-11-27-50,51-28-12-4-13-29-51)53-31-19-25-47(41-53)63(45-22-8-2-9-23-45)49-37-39-57-55-33-16-17-35-59(55)65-61(57)43-49/h1-33,35-43H,34H2. The van der Waals surface area contributed by atoms with E-state index in [1.54, 1.807) is 0 Å². The highest BCUT2D eigenvalue weighted by Crippen LogP contribution is 2.40. The normalized spacial score (nSPS) is 12.4. The van der Waals surface area contributed by atoms with Crippen molar-refractivity contribution < 1.29 is 8.83 Å². The van der Waals surface area contributed by atoms with Gasteiger partial charge in [0, 0.05) is 74.4 Å². The number of allylic oxidation sites excluding steroid dienone is 3. The van der Waals surface area contributed by atoms with E-state index in [2.05, 4.69) is 252 Å². The summed E-state index contributed by atoms with van der Waals surface area (Å²) < 4.78 is 13.1. The van der Waals surface area contributed by atoms with Crippen LogP contribution in [0.2, 0.25) is 0 Å². The lowest BCUT2D eigenvalue weighted by atomic mass is 10.1. The fourth-order valence-electron chi connectivity index (χ4n) is 10.1. The fraction of sp³-hybridized carbons (Fsp3) is 0.0164. The van der Waals surface area contributed by atoms with E-state index in [1.165, 1.54) is 20.7 Å². The van der Waals surface area contributed by atoms with Crippen LogP contribution in [0.5, 0.6) is 0 Å². The summed E-state index contributed by atoms with van der Waals surface area (Å²) in [5.41, 5.74) is 10.1. The summed E-state index contributed by atoms with van der Waals surface area (Å²) in [6.07, 6.45) is 9.27. The molecular weight excluding hydrogens is 821 g/mol. The Hall–Kier alpha value is -8.38. The minimum Gasteiger partial charge on any atom is -0.460 e. The number of hydrogen-bond acceptors (Lipinski definition) is 4. The highest BCUT2D eigenvalue weighted by atomic mass is 28.3. The third-order valence-electron chi connectivity index (χ3n) is 13.0. The molecule has 0 amide bonds. The van der Waals surface area contributed by atoms with Crippen LogP contribution in [-0.4, -0.2) is 8.07 Å². The Morgan fingerprint density at radius 2 is 0.788 bits per heavy atom. The topological polar surface area (TPSA) is 32.8 Å². The predicted octanol–water partition coefficient (Wildman–Crippen LogP) is 13.8. The molecule has 2 heterocycles. The number of rotatable bonds is 10. The van der Waals surface area contributed by atoms with E-state index >= 15 is 0 Å². The molecule has 11 aromatic rings. The molecule has 0 saturated heterocycles. The SMILES string of the molecule is C1=CCc2oc3cc(N(c4ccccc4)c4cccc([Si](c5ccccc5)(c5ccccc5)c5cccc(N(c6ccccc6)c6ccc7c(c6)oc6ccccc67)c5)c4)ccc3c2C=C1. The highest BCUT2D eigenvalue weighted by molar-refractivity contribution is 7.20. The molecule has 0 spiro atoms. The van der Waals surface area contributed by atoms with Gasteiger partial charge >= 0.3 is 0 Å². The van der Waals surface area contributed by atoms with Gasteiger partial charge in [-0.15, -0.1) is 0 Å². The van der Waals surface area contributed by atoms with Crippen LogP contribution >= 0.6 is 0 Å². The molecule has 2 aromatic heterocycles. The summed E-state index contributed by atoms with van der Waals surface area (Å²) >= 11 is 0. The molecule has 0 bridgehead atoms. The minimum atomic E-state index is -3.08. The molecule has 0 saturated carbocycles. The number of benzene rings is 9. The summed E-state index contributed by atoms with van der Waals surface area (Å²) in [4.78, 5) is 4.72. The number of hydrogen-bond donors (Lipinski definition) is 0. The van der Waals surface area contributed by atoms with Crippen molar-refractivity contribution in [2.45, 2.75) is 6.42 Å². The van der Waals surface area contributed by atoms with Gasteiger partial charge in [-0.05, 0) is 99.6 Å². The first kappa shape index (κ1) is 39.2. The van der Waals surface area contributed by atoms with Gasteiger partial charge in [0.1, 0.15) is 22.5 Å². The van der Waals surface area contributed by atoms with Gasteiger partial charge in [0.15, 0.2) is 8.07 Å². The zero-order chi connectivity index (χ0) is 43.9. The van der Waals surface area contributed by atoms with Crippen molar-refractivity contribution in [2.24, 2.45) is 0 Å². The molecule has 0 fully saturated rings. The molecule has 1 aliphatic carbocycles. The number of anilines is 6. The molecule has 1 aliphatic rings. The maximum atomic E-state index is 6.58. The first-order valence-corrected chi connectivity index (χ1v) is 24.5. The van der Waals surface area contributed by atoms with E-state index in [0.717, 1.165) is 84.8 Å². The largest absolute Gasteiger partial charge is 0.460 e. The van der Waals surface area contributed by atoms with E-state index in [1.807, 2.05) is 12.1 Å². The molecule has 0 unspecified atom stereocenters. The number of fused-ring (bicyclic) bond motifs is 6. The van der Waals surface area contributed by atoms with Crippen LogP contribution in [0.1, 0.15) is 11.3 Å². The molecule has 5 heteroatoms. The Morgan fingerprint density at radius 1 is 0.333 bits per heavy atom. The van der Waals surface area contributed by atoms with Gasteiger partial charge in [-0.25, -0.2) is 0 Å². The zero-order valence-electron chi connectivity index (χ0n) is 36.2. The molecule has 4 nitrogen and oxygen atoms in total. The van der Waals surface area contributed by atoms with Crippen molar-refractivity contribution in [3.63, 3.8) is 0 Å². The van der Waals surface area contributed by atoms with Gasteiger partial charge < -0.3 is 18.6 Å². The second-order valence-corrected chi connectivity index (χ2v) is 20.6.